The lowest BCUT2D eigenvalue weighted by Gasteiger charge is -2.16. The lowest BCUT2D eigenvalue weighted by Crippen LogP contribution is -2.30. The van der Waals surface area contributed by atoms with Crippen molar-refractivity contribution < 1.29 is 0 Å². The van der Waals surface area contributed by atoms with Gasteiger partial charge in [0.05, 0.1) is 0 Å². The number of fused-ring (bicyclic) bond motifs is 2. The lowest BCUT2D eigenvalue weighted by atomic mass is 10.1. The number of rotatable bonds is 0. The third kappa shape index (κ3) is 2.44. The minimum Gasteiger partial charge on any atom is -0.315 e. The van der Waals surface area contributed by atoms with Crippen LogP contribution < -0.4 is 10.6 Å². The summed E-state index contributed by atoms with van der Waals surface area (Å²) < 4.78 is 0. The first-order valence-corrected chi connectivity index (χ1v) is 7.57. The molecule has 0 saturated carbocycles. The Hall–Kier alpha value is -0.160. The van der Waals surface area contributed by atoms with Gasteiger partial charge >= 0.3 is 0 Å². The first-order valence-electron chi connectivity index (χ1n) is 7.57. The molecule has 2 N–H and O–H groups in total. The van der Waals surface area contributed by atoms with Gasteiger partial charge in [-0.25, -0.2) is 0 Å². The van der Waals surface area contributed by atoms with Crippen LogP contribution >= 0.6 is 0 Å². The SMILES string of the molecule is CN1CC[C@@H]2CNC[C@@H]21.CN1CC[C@H]2CNC[C@H]21. The molecule has 4 heterocycles. The second-order valence-corrected chi connectivity index (χ2v) is 6.51. The van der Waals surface area contributed by atoms with Crippen molar-refractivity contribution in [3.8, 4) is 0 Å². The maximum Gasteiger partial charge on any atom is 0.0258 e. The van der Waals surface area contributed by atoms with Crippen molar-refractivity contribution in [2.24, 2.45) is 11.8 Å². The fourth-order valence-electron chi connectivity index (χ4n) is 4.13. The molecule has 4 atom stereocenters. The standard InChI is InChI=1S/2C7H14N2/c2*1-9-3-2-6-4-8-5-7(6)9/h2*6-8H,2-5H2,1H3/t2*6-,7+/m10/s1. The molecule has 0 amide bonds. The third-order valence-electron chi connectivity index (χ3n) is 5.45. The van der Waals surface area contributed by atoms with Crippen LogP contribution in [0.25, 0.3) is 0 Å². The summed E-state index contributed by atoms with van der Waals surface area (Å²) in [6, 6.07) is 1.73. The van der Waals surface area contributed by atoms with Crippen molar-refractivity contribution in [3.05, 3.63) is 0 Å². The molecule has 4 heteroatoms. The van der Waals surface area contributed by atoms with Crippen LogP contribution in [-0.2, 0) is 0 Å². The summed E-state index contributed by atoms with van der Waals surface area (Å²) in [5.41, 5.74) is 0. The van der Waals surface area contributed by atoms with E-state index in [1.54, 1.807) is 0 Å². The van der Waals surface area contributed by atoms with E-state index in [1.165, 1.54) is 52.1 Å². The van der Waals surface area contributed by atoms with Crippen LogP contribution in [0.2, 0.25) is 0 Å². The average Bonchev–Trinajstić information content (AvgIpc) is 3.06. The molecule has 18 heavy (non-hydrogen) atoms. The molecular formula is C14H28N4. The predicted molar refractivity (Wildman–Crippen MR) is 74.8 cm³/mol. The van der Waals surface area contributed by atoms with E-state index < -0.39 is 0 Å². The highest BCUT2D eigenvalue weighted by Crippen LogP contribution is 2.25. The van der Waals surface area contributed by atoms with Gasteiger partial charge in [0.2, 0.25) is 0 Å². The van der Waals surface area contributed by atoms with Crippen molar-refractivity contribution >= 4 is 0 Å². The highest BCUT2D eigenvalue weighted by atomic mass is 15.2. The van der Waals surface area contributed by atoms with Crippen molar-refractivity contribution in [1.82, 2.24) is 20.4 Å². The number of likely N-dealkylation sites (tertiary alicyclic amines) is 2. The van der Waals surface area contributed by atoms with Gasteiger partial charge in [0.15, 0.2) is 0 Å². The van der Waals surface area contributed by atoms with Gasteiger partial charge in [-0.05, 0) is 65.0 Å². The topological polar surface area (TPSA) is 30.5 Å². The molecule has 0 radical (unpaired) electrons. The number of nitrogens with zero attached hydrogens (tertiary/aromatic N) is 2. The van der Waals surface area contributed by atoms with E-state index >= 15 is 0 Å². The van der Waals surface area contributed by atoms with Gasteiger partial charge in [-0.3, -0.25) is 0 Å². The summed E-state index contributed by atoms with van der Waals surface area (Å²) in [4.78, 5) is 4.95. The summed E-state index contributed by atoms with van der Waals surface area (Å²) in [5.74, 6) is 1.94. The highest BCUT2D eigenvalue weighted by Gasteiger charge is 2.35. The molecule has 4 saturated heterocycles. The van der Waals surface area contributed by atoms with Crippen LogP contribution in [0.4, 0.5) is 0 Å². The van der Waals surface area contributed by atoms with E-state index in [0.717, 1.165) is 23.9 Å². The third-order valence-corrected chi connectivity index (χ3v) is 5.45. The van der Waals surface area contributed by atoms with E-state index in [0.29, 0.717) is 0 Å². The summed E-state index contributed by atoms with van der Waals surface area (Å²) in [6.45, 7) is 7.60. The predicted octanol–water partition coefficient (Wildman–Crippen LogP) is -0.180. The Bertz CT molecular complexity index is 255. The van der Waals surface area contributed by atoms with Crippen molar-refractivity contribution in [2.45, 2.75) is 24.9 Å². The lowest BCUT2D eigenvalue weighted by molar-refractivity contribution is 0.308. The Labute approximate surface area is 111 Å². The average molecular weight is 252 g/mol. The van der Waals surface area contributed by atoms with Crippen LogP contribution in [0, 0.1) is 11.8 Å². The molecule has 0 bridgehead atoms. The highest BCUT2D eigenvalue weighted by molar-refractivity contribution is 4.93. The number of hydrogen-bond donors (Lipinski definition) is 2. The van der Waals surface area contributed by atoms with E-state index in [2.05, 4.69) is 34.5 Å². The quantitative estimate of drug-likeness (QED) is 0.626. The smallest absolute Gasteiger partial charge is 0.0258 e. The van der Waals surface area contributed by atoms with Crippen molar-refractivity contribution in [1.29, 1.82) is 0 Å². The van der Waals surface area contributed by atoms with E-state index in [1.807, 2.05) is 0 Å². The van der Waals surface area contributed by atoms with E-state index in [4.69, 9.17) is 0 Å². The van der Waals surface area contributed by atoms with Crippen molar-refractivity contribution in [3.63, 3.8) is 0 Å². The zero-order valence-corrected chi connectivity index (χ0v) is 11.9. The molecule has 4 nitrogen and oxygen atoms in total. The first-order chi connectivity index (χ1) is 8.75. The molecule has 0 aliphatic carbocycles. The largest absolute Gasteiger partial charge is 0.315 e. The Morgan fingerprint density at radius 1 is 0.722 bits per heavy atom. The molecule has 104 valence electrons. The molecule has 4 rings (SSSR count). The monoisotopic (exact) mass is 252 g/mol. The van der Waals surface area contributed by atoms with Gasteiger partial charge in [-0.2, -0.15) is 0 Å². The molecule has 4 aliphatic rings. The van der Waals surface area contributed by atoms with Gasteiger partial charge in [0, 0.05) is 25.2 Å². The molecule has 0 unspecified atom stereocenters. The Kier molecular flexibility index (Phi) is 3.89. The minimum absolute atomic E-state index is 0.866. The van der Waals surface area contributed by atoms with Crippen LogP contribution in [0.5, 0.6) is 0 Å². The van der Waals surface area contributed by atoms with Gasteiger partial charge in [0.25, 0.3) is 0 Å². The Morgan fingerprint density at radius 3 is 1.56 bits per heavy atom. The van der Waals surface area contributed by atoms with Crippen LogP contribution in [0.1, 0.15) is 12.8 Å². The number of hydrogen-bond acceptors (Lipinski definition) is 4. The molecule has 4 aliphatic heterocycles. The first kappa shape index (κ1) is 12.9. The van der Waals surface area contributed by atoms with Crippen LogP contribution in [0.15, 0.2) is 0 Å². The Balaban J connectivity index is 0.000000111. The maximum absolute atomic E-state index is 3.41. The summed E-state index contributed by atoms with van der Waals surface area (Å²) in [6.07, 6.45) is 2.82. The Morgan fingerprint density at radius 2 is 1.17 bits per heavy atom. The normalized spacial score (nSPS) is 43.7. The fourth-order valence-corrected chi connectivity index (χ4v) is 4.13. The fraction of sp³-hybridized carbons (Fsp3) is 1.00. The zero-order chi connectivity index (χ0) is 12.5. The van der Waals surface area contributed by atoms with Gasteiger partial charge in [-0.15, -0.1) is 0 Å². The van der Waals surface area contributed by atoms with Gasteiger partial charge in [0.1, 0.15) is 0 Å². The number of likely N-dealkylation sites (N-methyl/N-ethyl adjacent to an activating group) is 2. The summed E-state index contributed by atoms with van der Waals surface area (Å²) in [5, 5.41) is 6.83. The van der Waals surface area contributed by atoms with E-state index in [-0.39, 0.29) is 0 Å². The van der Waals surface area contributed by atoms with Gasteiger partial charge in [-0.1, -0.05) is 0 Å². The summed E-state index contributed by atoms with van der Waals surface area (Å²) in [7, 11) is 4.47. The summed E-state index contributed by atoms with van der Waals surface area (Å²) >= 11 is 0. The van der Waals surface area contributed by atoms with Crippen LogP contribution in [0.3, 0.4) is 0 Å². The number of nitrogens with one attached hydrogen (secondary N) is 2. The van der Waals surface area contributed by atoms with Crippen molar-refractivity contribution in [2.75, 3.05) is 53.4 Å². The molecule has 4 fully saturated rings. The van der Waals surface area contributed by atoms with Gasteiger partial charge < -0.3 is 20.4 Å². The molecule has 0 aromatic carbocycles. The second kappa shape index (κ2) is 5.45. The maximum atomic E-state index is 3.41. The molecule has 0 aromatic rings. The minimum atomic E-state index is 0.866. The zero-order valence-electron chi connectivity index (χ0n) is 11.9. The molecular weight excluding hydrogens is 224 g/mol. The molecule has 0 aromatic heterocycles. The second-order valence-electron chi connectivity index (χ2n) is 6.51. The van der Waals surface area contributed by atoms with Crippen LogP contribution in [-0.4, -0.2) is 75.2 Å². The molecule has 0 spiro atoms. The van der Waals surface area contributed by atoms with E-state index in [9.17, 15) is 0 Å².